The van der Waals surface area contributed by atoms with Gasteiger partial charge in [-0.3, -0.25) is 9.36 Å². The Morgan fingerprint density at radius 3 is 2.49 bits per heavy atom. The number of esters is 1. The Labute approximate surface area is 287 Å². The zero-order valence-corrected chi connectivity index (χ0v) is 28.5. The molecule has 1 atom stereocenters. The first-order chi connectivity index (χ1) is 23.9. The average Bonchev–Trinajstić information content (AvgIpc) is 3.43. The second-order valence-corrected chi connectivity index (χ2v) is 12.3. The number of aromatic nitrogens is 1. The molecule has 0 N–H and O–H groups in total. The van der Waals surface area contributed by atoms with Crippen LogP contribution in [-0.4, -0.2) is 31.4 Å². The first kappa shape index (κ1) is 33.2. The van der Waals surface area contributed by atoms with Gasteiger partial charge < -0.3 is 18.9 Å². The highest BCUT2D eigenvalue weighted by atomic mass is 32.1. The van der Waals surface area contributed by atoms with Gasteiger partial charge in [-0.05, 0) is 60.0 Å². The molecule has 49 heavy (non-hydrogen) atoms. The molecule has 0 fully saturated rings. The zero-order valence-electron chi connectivity index (χ0n) is 27.7. The molecule has 0 unspecified atom stereocenters. The van der Waals surface area contributed by atoms with Gasteiger partial charge in [-0.2, -0.15) is 5.26 Å². The maximum Gasteiger partial charge on any atom is 0.338 e. The van der Waals surface area contributed by atoms with Crippen molar-refractivity contribution >= 4 is 34.2 Å². The molecule has 6 rings (SSSR count). The molecule has 0 saturated carbocycles. The number of carbonyl (C=O) groups excluding carboxylic acids is 1. The summed E-state index contributed by atoms with van der Waals surface area (Å²) in [5, 5.41) is 11.2. The number of fused-ring (bicyclic) bond motifs is 2. The van der Waals surface area contributed by atoms with Crippen LogP contribution in [0.4, 0.5) is 0 Å². The Morgan fingerprint density at radius 2 is 1.73 bits per heavy atom. The molecular weight excluding hydrogens is 639 g/mol. The lowest BCUT2D eigenvalue weighted by molar-refractivity contribution is -0.139. The van der Waals surface area contributed by atoms with E-state index in [9.17, 15) is 14.9 Å². The van der Waals surface area contributed by atoms with Gasteiger partial charge in [0.1, 0.15) is 18.4 Å². The summed E-state index contributed by atoms with van der Waals surface area (Å²) in [6.45, 7) is 4.16. The molecule has 0 radical (unpaired) electrons. The van der Waals surface area contributed by atoms with E-state index in [4.69, 9.17) is 23.9 Å². The van der Waals surface area contributed by atoms with Crippen molar-refractivity contribution in [1.29, 1.82) is 5.26 Å². The number of carbonyl (C=O) groups is 1. The fourth-order valence-corrected chi connectivity index (χ4v) is 7.10. The molecule has 1 aliphatic rings. The Hall–Kier alpha value is -5.66. The van der Waals surface area contributed by atoms with Crippen molar-refractivity contribution in [3.05, 3.63) is 132 Å². The normalized spacial score (nSPS) is 14.2. The van der Waals surface area contributed by atoms with Gasteiger partial charge in [0, 0.05) is 11.1 Å². The predicted octanol–water partition coefficient (Wildman–Crippen LogP) is 6.20. The molecule has 0 bridgehead atoms. The van der Waals surface area contributed by atoms with Crippen molar-refractivity contribution in [3.8, 4) is 23.3 Å². The van der Waals surface area contributed by atoms with Gasteiger partial charge in [0.25, 0.3) is 5.56 Å². The third-order valence-corrected chi connectivity index (χ3v) is 9.31. The third kappa shape index (κ3) is 6.45. The van der Waals surface area contributed by atoms with Crippen LogP contribution < -0.4 is 29.1 Å². The van der Waals surface area contributed by atoms with Crippen LogP contribution in [-0.2, 0) is 16.1 Å². The zero-order chi connectivity index (χ0) is 34.5. The van der Waals surface area contributed by atoms with E-state index in [1.54, 1.807) is 50.0 Å². The maximum atomic E-state index is 14.5. The topological polar surface area (TPSA) is 112 Å². The molecule has 0 saturated heterocycles. The number of benzene rings is 4. The number of hydrogen-bond donors (Lipinski definition) is 0. The number of methoxy groups -OCH3 is 2. The van der Waals surface area contributed by atoms with Crippen molar-refractivity contribution in [1.82, 2.24) is 4.57 Å². The number of ether oxygens (including phenoxy) is 4. The van der Waals surface area contributed by atoms with Crippen LogP contribution in [0.25, 0.3) is 16.8 Å². The summed E-state index contributed by atoms with van der Waals surface area (Å²) in [4.78, 5) is 33.6. The lowest BCUT2D eigenvalue weighted by Gasteiger charge is -2.28. The van der Waals surface area contributed by atoms with Gasteiger partial charge in [0.05, 0.1) is 48.3 Å². The van der Waals surface area contributed by atoms with E-state index in [0.29, 0.717) is 61.0 Å². The van der Waals surface area contributed by atoms with Crippen LogP contribution >= 0.6 is 11.3 Å². The minimum absolute atomic E-state index is 0.179. The fraction of sp³-hybridized carbons (Fsp3) is 0.231. The third-order valence-electron chi connectivity index (χ3n) is 8.32. The molecule has 0 aliphatic carbocycles. The highest BCUT2D eigenvalue weighted by Crippen LogP contribution is 2.41. The lowest BCUT2D eigenvalue weighted by atomic mass is 9.90. The second kappa shape index (κ2) is 14.6. The molecular formula is C39H35N3O6S. The summed E-state index contributed by atoms with van der Waals surface area (Å²) in [7, 11) is 3.13. The summed E-state index contributed by atoms with van der Waals surface area (Å²) >= 11 is 1.26. The Morgan fingerprint density at radius 1 is 0.980 bits per heavy atom. The summed E-state index contributed by atoms with van der Waals surface area (Å²) in [5.74, 6) is 1.02. The largest absolute Gasteiger partial charge is 0.496 e. The highest BCUT2D eigenvalue weighted by molar-refractivity contribution is 7.07. The van der Waals surface area contributed by atoms with Crippen molar-refractivity contribution < 1.29 is 23.7 Å². The Bertz CT molecular complexity index is 2310. The van der Waals surface area contributed by atoms with Crippen molar-refractivity contribution in [2.24, 2.45) is 4.99 Å². The fourth-order valence-electron chi connectivity index (χ4n) is 6.08. The molecule has 10 heteroatoms. The van der Waals surface area contributed by atoms with E-state index in [-0.39, 0.29) is 18.8 Å². The molecule has 4 aromatic carbocycles. The van der Waals surface area contributed by atoms with E-state index in [2.05, 4.69) is 6.07 Å². The van der Waals surface area contributed by atoms with E-state index in [0.717, 1.165) is 22.8 Å². The molecule has 9 nitrogen and oxygen atoms in total. The number of allylic oxidation sites excluding steroid dienone is 1. The minimum atomic E-state index is -0.832. The average molecular weight is 674 g/mol. The molecule has 0 amide bonds. The summed E-state index contributed by atoms with van der Waals surface area (Å²) in [6.07, 6.45) is 3.05. The smallest absolute Gasteiger partial charge is 0.338 e. The van der Waals surface area contributed by atoms with E-state index in [1.807, 2.05) is 67.6 Å². The molecule has 1 aromatic heterocycles. The van der Waals surface area contributed by atoms with Gasteiger partial charge in [-0.1, -0.05) is 79.3 Å². The van der Waals surface area contributed by atoms with E-state index in [1.165, 1.54) is 11.3 Å². The minimum Gasteiger partial charge on any atom is -0.496 e. The second-order valence-electron chi connectivity index (χ2n) is 11.3. The molecule has 2 heterocycles. The van der Waals surface area contributed by atoms with Crippen LogP contribution in [0, 0.1) is 11.3 Å². The van der Waals surface area contributed by atoms with E-state index >= 15 is 0 Å². The van der Waals surface area contributed by atoms with Gasteiger partial charge >= 0.3 is 5.97 Å². The highest BCUT2D eigenvalue weighted by Gasteiger charge is 2.37. The number of nitrogens with zero attached hydrogens (tertiary/aromatic N) is 3. The van der Waals surface area contributed by atoms with Crippen LogP contribution in [0.3, 0.4) is 0 Å². The van der Waals surface area contributed by atoms with Crippen LogP contribution in [0.2, 0.25) is 0 Å². The van der Waals surface area contributed by atoms with Gasteiger partial charge in [-0.15, -0.1) is 0 Å². The summed E-state index contributed by atoms with van der Waals surface area (Å²) < 4.78 is 25.2. The quantitative estimate of drug-likeness (QED) is 0.154. The van der Waals surface area contributed by atoms with Crippen LogP contribution in [0.15, 0.2) is 99.9 Å². The first-order valence-corrected chi connectivity index (χ1v) is 16.8. The number of thiazole rings is 1. The van der Waals surface area contributed by atoms with Crippen molar-refractivity contribution in [3.63, 3.8) is 0 Å². The number of nitriles is 1. The molecule has 1 aliphatic heterocycles. The molecule has 248 valence electrons. The SMILES string of the molecule is CCCC1=C(C(=O)OCC)[C@H](c2c(OC)ccc3ccccc23)n2c(s/c(=C/c3ccc(OCc4ccccc4C#N)c(OC)c3)c2=O)=N1. The predicted molar refractivity (Wildman–Crippen MR) is 189 cm³/mol. The lowest BCUT2D eigenvalue weighted by Crippen LogP contribution is -2.40. The van der Waals surface area contributed by atoms with Gasteiger partial charge in [0.15, 0.2) is 16.3 Å². The molecule has 0 spiro atoms. The first-order valence-electron chi connectivity index (χ1n) is 16.0. The summed E-state index contributed by atoms with van der Waals surface area (Å²) in [5.41, 5.74) is 3.34. The van der Waals surface area contributed by atoms with Crippen molar-refractivity contribution in [2.75, 3.05) is 20.8 Å². The van der Waals surface area contributed by atoms with Gasteiger partial charge in [-0.25, -0.2) is 9.79 Å². The monoisotopic (exact) mass is 673 g/mol. The van der Waals surface area contributed by atoms with Crippen LogP contribution in [0.5, 0.6) is 17.2 Å². The van der Waals surface area contributed by atoms with E-state index < -0.39 is 12.0 Å². The maximum absolute atomic E-state index is 14.5. The molecule has 5 aromatic rings. The summed E-state index contributed by atoms with van der Waals surface area (Å²) in [6, 6.07) is 25.7. The van der Waals surface area contributed by atoms with Crippen molar-refractivity contribution in [2.45, 2.75) is 39.3 Å². The number of rotatable bonds is 11. The van der Waals surface area contributed by atoms with Crippen LogP contribution in [0.1, 0.15) is 55.0 Å². The Kier molecular flexibility index (Phi) is 9.92. The number of hydrogen-bond acceptors (Lipinski definition) is 9. The van der Waals surface area contributed by atoms with Gasteiger partial charge in [0.2, 0.25) is 0 Å². The standard InChI is InChI=1S/C39H35N3O6S/c1-5-11-29-35(38(44)47-6-2)36(34-28-15-10-9-12-25(28)17-19-31(34)45-3)42-37(43)33(49-39(42)41-29)21-24-16-18-30(32(20-24)46-4)48-23-27-14-8-7-13-26(27)22-40/h7-10,12-21,36H,5-6,11,23H2,1-4H3/b33-21+/t36-/m0/s1. The Balaban J connectivity index is 1.50.